The van der Waals surface area contributed by atoms with Crippen molar-refractivity contribution >= 4 is 46.2 Å². The Morgan fingerprint density at radius 3 is 2.73 bits per heavy atom. The summed E-state index contributed by atoms with van der Waals surface area (Å²) in [6.07, 6.45) is 5.95. The first kappa shape index (κ1) is 19.7. The summed E-state index contributed by atoms with van der Waals surface area (Å²) in [7, 11) is 0. The van der Waals surface area contributed by atoms with E-state index in [1.165, 1.54) is 42.6 Å². The Bertz CT molecular complexity index is 878. The van der Waals surface area contributed by atoms with E-state index >= 15 is 0 Å². The van der Waals surface area contributed by atoms with E-state index in [1.807, 2.05) is 6.07 Å². The van der Waals surface area contributed by atoms with Crippen molar-refractivity contribution in [1.82, 2.24) is 14.5 Å². The maximum atomic E-state index is 6.27. The number of likely N-dealkylation sites (tertiary alicyclic amines) is 1. The van der Waals surface area contributed by atoms with Gasteiger partial charge in [-0.3, -0.25) is 9.47 Å². The van der Waals surface area contributed by atoms with E-state index in [0.29, 0.717) is 5.92 Å². The Hall–Kier alpha value is -1.07. The Morgan fingerprint density at radius 2 is 2.00 bits per heavy atom. The summed E-state index contributed by atoms with van der Waals surface area (Å²) in [5, 5.41) is 5.30. The van der Waals surface area contributed by atoms with Gasteiger partial charge < -0.3 is 0 Å². The lowest BCUT2D eigenvalue weighted by Crippen LogP contribution is -2.18. The van der Waals surface area contributed by atoms with Gasteiger partial charge in [-0.1, -0.05) is 31.5 Å². The second-order valence-electron chi connectivity index (χ2n) is 7.39. The van der Waals surface area contributed by atoms with Crippen LogP contribution in [-0.4, -0.2) is 27.5 Å². The standard InChI is InChI=1S/C20H24ClN3S.ClH/c1-14(2)9-15-11-24(19-10-16(21)5-6-18(15)19)20-22-17(13-25-20)12-23-7-3-4-8-23;/h5-6,10-11,13-14H,3-4,7-9,12H2,1-2H3;1H. The van der Waals surface area contributed by atoms with Crippen molar-refractivity contribution in [3.63, 3.8) is 0 Å². The van der Waals surface area contributed by atoms with Crippen LogP contribution in [0.4, 0.5) is 0 Å². The number of aromatic nitrogens is 2. The van der Waals surface area contributed by atoms with E-state index in [9.17, 15) is 0 Å². The minimum absolute atomic E-state index is 0. The van der Waals surface area contributed by atoms with Crippen LogP contribution in [0.25, 0.3) is 16.0 Å². The van der Waals surface area contributed by atoms with Gasteiger partial charge >= 0.3 is 0 Å². The van der Waals surface area contributed by atoms with E-state index in [0.717, 1.165) is 28.6 Å². The van der Waals surface area contributed by atoms with Gasteiger partial charge in [0.25, 0.3) is 0 Å². The smallest absolute Gasteiger partial charge is 0.194 e. The van der Waals surface area contributed by atoms with Crippen LogP contribution in [0.3, 0.4) is 0 Å². The molecule has 3 heterocycles. The Labute approximate surface area is 170 Å². The monoisotopic (exact) mass is 409 g/mol. The molecule has 1 aliphatic heterocycles. The van der Waals surface area contributed by atoms with Crippen molar-refractivity contribution in [3.8, 4) is 5.13 Å². The van der Waals surface area contributed by atoms with Gasteiger partial charge in [-0.15, -0.1) is 23.7 Å². The fourth-order valence-electron chi connectivity index (χ4n) is 3.68. The lowest BCUT2D eigenvalue weighted by Gasteiger charge is -2.11. The molecular weight excluding hydrogens is 385 g/mol. The van der Waals surface area contributed by atoms with E-state index in [4.69, 9.17) is 16.6 Å². The molecule has 1 aromatic carbocycles. The minimum atomic E-state index is 0. The molecule has 140 valence electrons. The average Bonchev–Trinajstić information content (AvgIpc) is 3.28. The third kappa shape index (κ3) is 4.09. The number of nitrogens with zero attached hydrogens (tertiary/aromatic N) is 3. The fourth-order valence-corrected chi connectivity index (χ4v) is 4.65. The highest BCUT2D eigenvalue weighted by Crippen LogP contribution is 2.30. The van der Waals surface area contributed by atoms with Crippen LogP contribution in [0.1, 0.15) is 37.9 Å². The van der Waals surface area contributed by atoms with Gasteiger partial charge in [0, 0.05) is 28.5 Å². The molecule has 0 spiro atoms. The van der Waals surface area contributed by atoms with Crippen LogP contribution >= 0.6 is 35.3 Å². The Kier molecular flexibility index (Phi) is 6.29. The van der Waals surface area contributed by atoms with Crippen LogP contribution in [0.5, 0.6) is 0 Å². The van der Waals surface area contributed by atoms with Gasteiger partial charge in [0.15, 0.2) is 5.13 Å². The molecule has 4 rings (SSSR count). The van der Waals surface area contributed by atoms with E-state index in [2.05, 4.69) is 47.0 Å². The number of hydrogen-bond acceptors (Lipinski definition) is 3. The summed E-state index contributed by atoms with van der Waals surface area (Å²) in [5.41, 5.74) is 3.71. The van der Waals surface area contributed by atoms with Gasteiger partial charge in [-0.05, 0) is 56.0 Å². The van der Waals surface area contributed by atoms with Gasteiger partial charge in [0.05, 0.1) is 11.2 Å². The van der Waals surface area contributed by atoms with Gasteiger partial charge in [0.2, 0.25) is 0 Å². The summed E-state index contributed by atoms with van der Waals surface area (Å²) < 4.78 is 2.22. The molecule has 1 aliphatic rings. The predicted molar refractivity (Wildman–Crippen MR) is 114 cm³/mol. The fraction of sp³-hybridized carbons (Fsp3) is 0.450. The molecule has 26 heavy (non-hydrogen) atoms. The van der Waals surface area contributed by atoms with Crippen LogP contribution in [0, 0.1) is 5.92 Å². The minimum Gasteiger partial charge on any atom is -0.297 e. The number of rotatable bonds is 5. The third-order valence-electron chi connectivity index (χ3n) is 4.81. The van der Waals surface area contributed by atoms with E-state index in [-0.39, 0.29) is 12.4 Å². The topological polar surface area (TPSA) is 21.1 Å². The molecule has 0 saturated carbocycles. The number of hydrogen-bond donors (Lipinski definition) is 0. The molecule has 6 heteroatoms. The quantitative estimate of drug-likeness (QED) is 0.518. The van der Waals surface area contributed by atoms with Crippen LogP contribution in [0.2, 0.25) is 5.02 Å². The van der Waals surface area contributed by atoms with Crippen molar-refractivity contribution in [2.45, 2.75) is 39.7 Å². The molecule has 0 atom stereocenters. The average molecular weight is 410 g/mol. The molecule has 1 saturated heterocycles. The molecule has 3 nitrogen and oxygen atoms in total. The van der Waals surface area contributed by atoms with Crippen molar-refractivity contribution in [2.24, 2.45) is 5.92 Å². The van der Waals surface area contributed by atoms with Crippen LogP contribution in [0.15, 0.2) is 29.8 Å². The summed E-state index contributed by atoms with van der Waals surface area (Å²) in [5.74, 6) is 0.622. The Morgan fingerprint density at radius 1 is 1.23 bits per heavy atom. The molecule has 0 bridgehead atoms. The third-order valence-corrected chi connectivity index (χ3v) is 5.93. The zero-order chi connectivity index (χ0) is 17.4. The second-order valence-corrected chi connectivity index (χ2v) is 8.66. The zero-order valence-corrected chi connectivity index (χ0v) is 17.6. The first-order chi connectivity index (χ1) is 12.1. The zero-order valence-electron chi connectivity index (χ0n) is 15.2. The lowest BCUT2D eigenvalue weighted by molar-refractivity contribution is 0.328. The van der Waals surface area contributed by atoms with E-state index in [1.54, 1.807) is 11.3 Å². The number of thiazole rings is 1. The van der Waals surface area contributed by atoms with Crippen molar-refractivity contribution < 1.29 is 0 Å². The molecule has 1 fully saturated rings. The first-order valence-electron chi connectivity index (χ1n) is 9.07. The highest BCUT2D eigenvalue weighted by atomic mass is 35.5. The largest absolute Gasteiger partial charge is 0.297 e. The molecule has 3 aromatic rings. The summed E-state index contributed by atoms with van der Waals surface area (Å²) in [4.78, 5) is 7.41. The molecule has 2 aromatic heterocycles. The summed E-state index contributed by atoms with van der Waals surface area (Å²) in [6, 6.07) is 6.19. The molecule has 0 unspecified atom stereocenters. The number of halogens is 2. The highest BCUT2D eigenvalue weighted by molar-refractivity contribution is 7.12. The van der Waals surface area contributed by atoms with Crippen molar-refractivity contribution in [1.29, 1.82) is 0 Å². The maximum absolute atomic E-state index is 6.27. The SMILES string of the molecule is CC(C)Cc1cn(-c2nc(CN3CCCC3)cs2)c2cc(Cl)ccc12.Cl. The van der Waals surface area contributed by atoms with Crippen molar-refractivity contribution in [2.75, 3.05) is 13.1 Å². The molecule has 0 amide bonds. The van der Waals surface area contributed by atoms with Crippen molar-refractivity contribution in [3.05, 3.63) is 46.1 Å². The normalized spacial score (nSPS) is 15.1. The van der Waals surface area contributed by atoms with E-state index < -0.39 is 0 Å². The second kappa shape index (κ2) is 8.30. The predicted octanol–water partition coefficient (Wildman–Crippen LogP) is 5.96. The number of benzene rings is 1. The van der Waals surface area contributed by atoms with Crippen LogP contribution in [-0.2, 0) is 13.0 Å². The Balaban J connectivity index is 0.00000196. The number of fused-ring (bicyclic) bond motifs is 1. The van der Waals surface area contributed by atoms with Gasteiger partial charge in [0.1, 0.15) is 0 Å². The summed E-state index contributed by atoms with van der Waals surface area (Å²) in [6.45, 7) is 7.89. The molecule has 0 N–H and O–H groups in total. The molecule has 0 aliphatic carbocycles. The molecule has 0 radical (unpaired) electrons. The first-order valence-corrected chi connectivity index (χ1v) is 10.3. The molecular formula is C20H25Cl2N3S. The maximum Gasteiger partial charge on any atom is 0.194 e. The highest BCUT2D eigenvalue weighted by Gasteiger charge is 2.16. The summed E-state index contributed by atoms with van der Waals surface area (Å²) >= 11 is 8.00. The van der Waals surface area contributed by atoms with Crippen LogP contribution < -0.4 is 0 Å². The van der Waals surface area contributed by atoms with Gasteiger partial charge in [-0.25, -0.2) is 4.98 Å². The van der Waals surface area contributed by atoms with Gasteiger partial charge in [-0.2, -0.15) is 0 Å². The lowest BCUT2D eigenvalue weighted by atomic mass is 10.0.